The molecule has 6 nitrogen and oxygen atoms in total. The Labute approximate surface area is 207 Å². The van der Waals surface area contributed by atoms with E-state index in [0.717, 1.165) is 34.4 Å². The second kappa shape index (κ2) is 7.70. The summed E-state index contributed by atoms with van der Waals surface area (Å²) in [4.78, 5) is 25.4. The van der Waals surface area contributed by atoms with E-state index in [9.17, 15) is 14.7 Å². The molecule has 3 aliphatic rings. The average molecular weight is 481 g/mol. The van der Waals surface area contributed by atoms with Crippen molar-refractivity contribution in [1.82, 2.24) is 0 Å². The molecule has 0 spiro atoms. The number of ether oxygens (including phenoxy) is 2. The van der Waals surface area contributed by atoms with Gasteiger partial charge in [-0.15, -0.1) is 0 Å². The van der Waals surface area contributed by atoms with Crippen molar-refractivity contribution in [3.63, 3.8) is 0 Å². The van der Waals surface area contributed by atoms with Crippen LogP contribution in [0.15, 0.2) is 29.1 Å². The number of ketones is 1. The molecule has 2 aromatic rings. The zero-order valence-electron chi connectivity index (χ0n) is 21.7. The third-order valence-electron chi connectivity index (χ3n) is 9.87. The Morgan fingerprint density at radius 3 is 2.54 bits per heavy atom. The van der Waals surface area contributed by atoms with E-state index in [1.807, 2.05) is 19.9 Å². The average Bonchev–Trinajstić information content (AvgIpc) is 3.42. The van der Waals surface area contributed by atoms with Crippen molar-refractivity contribution in [2.45, 2.75) is 78.4 Å². The number of fused-ring (bicyclic) bond motifs is 5. The number of carbonyl (C=O) groups excluding carboxylic acids is 2. The van der Waals surface area contributed by atoms with Crippen molar-refractivity contribution >= 4 is 11.8 Å². The van der Waals surface area contributed by atoms with Gasteiger partial charge in [-0.2, -0.15) is 0 Å². The number of aliphatic hydroxyl groups is 1. The maximum absolute atomic E-state index is 13.1. The number of aliphatic hydroxyl groups excluding tert-OH is 1. The van der Waals surface area contributed by atoms with Crippen LogP contribution in [0.5, 0.6) is 5.75 Å². The summed E-state index contributed by atoms with van der Waals surface area (Å²) in [5.41, 5.74) is 3.63. The Balaban J connectivity index is 1.75. The number of hydrogen-bond acceptors (Lipinski definition) is 6. The van der Waals surface area contributed by atoms with Crippen LogP contribution in [0.3, 0.4) is 0 Å². The van der Waals surface area contributed by atoms with Crippen LogP contribution in [0.25, 0.3) is 11.1 Å². The van der Waals surface area contributed by atoms with Gasteiger partial charge >= 0.3 is 5.97 Å². The number of hydrogen-bond donors (Lipinski definition) is 1. The molecule has 2 fully saturated rings. The molecule has 0 unspecified atom stereocenters. The van der Waals surface area contributed by atoms with Crippen molar-refractivity contribution in [2.24, 2.45) is 22.7 Å². The topological polar surface area (TPSA) is 86.0 Å². The molecule has 1 aromatic carbocycles. The molecule has 3 aliphatic carbocycles. The number of benzene rings is 1. The second-order valence-corrected chi connectivity index (χ2v) is 11.8. The zero-order chi connectivity index (χ0) is 25.5. The van der Waals surface area contributed by atoms with E-state index in [1.54, 1.807) is 19.6 Å². The molecule has 1 N–H and O–H groups in total. The maximum Gasteiger partial charge on any atom is 0.303 e. The van der Waals surface area contributed by atoms with Gasteiger partial charge in [-0.3, -0.25) is 9.59 Å². The Morgan fingerprint density at radius 2 is 1.94 bits per heavy atom. The van der Waals surface area contributed by atoms with Crippen LogP contribution in [0.4, 0.5) is 0 Å². The van der Waals surface area contributed by atoms with Gasteiger partial charge in [0.15, 0.2) is 0 Å². The monoisotopic (exact) mass is 480 g/mol. The summed E-state index contributed by atoms with van der Waals surface area (Å²) in [6, 6.07) is 3.99. The Kier molecular flexibility index (Phi) is 5.30. The summed E-state index contributed by atoms with van der Waals surface area (Å²) < 4.78 is 17.1. The predicted octanol–water partition coefficient (Wildman–Crippen LogP) is 5.01. The lowest BCUT2D eigenvalue weighted by molar-refractivity contribution is -0.223. The van der Waals surface area contributed by atoms with Gasteiger partial charge in [0.2, 0.25) is 0 Å². The molecular formula is C29H36O6. The minimum atomic E-state index is -0.954. The summed E-state index contributed by atoms with van der Waals surface area (Å²) in [5.74, 6) is 0.260. The lowest BCUT2D eigenvalue weighted by Crippen LogP contribution is -2.69. The molecule has 1 aromatic heterocycles. The van der Waals surface area contributed by atoms with Gasteiger partial charge in [-0.05, 0) is 59.9 Å². The van der Waals surface area contributed by atoms with Crippen LogP contribution < -0.4 is 4.74 Å². The number of methoxy groups -OCH3 is 1. The predicted molar refractivity (Wildman–Crippen MR) is 131 cm³/mol. The molecule has 2 saturated carbocycles. The van der Waals surface area contributed by atoms with Crippen LogP contribution in [-0.4, -0.2) is 36.2 Å². The third kappa shape index (κ3) is 3.05. The normalized spacial score (nSPS) is 35.1. The SMILES string of the molecule is COc1cc2c(c(C)c1-c1ccoc1)C[C@@H]1[C@@]3(C)CCC(=O)C(C)(C)[C@@H]3[C@@H](OC(C)=O)[C@@H](O)[C@@]21C. The van der Waals surface area contributed by atoms with E-state index >= 15 is 0 Å². The summed E-state index contributed by atoms with van der Waals surface area (Å²) in [6.45, 7) is 11.7. The van der Waals surface area contributed by atoms with Crippen molar-refractivity contribution in [3.05, 3.63) is 41.3 Å². The molecule has 5 rings (SSSR count). The standard InChI is InChI=1S/C29H36O6/c1-15-18-12-21-28(5)10-8-22(31)27(3,4)25(28)24(35-16(2)30)26(32)29(21,6)19(18)13-20(33-7)23(15)17-9-11-34-14-17/h9,11,13-14,21,24-26,32H,8,10,12H2,1-7H3/t21-,24-,25+,26-,28-,29+/m1/s1. The van der Waals surface area contributed by atoms with E-state index in [1.165, 1.54) is 12.5 Å². The quantitative estimate of drug-likeness (QED) is 0.622. The molecule has 188 valence electrons. The van der Waals surface area contributed by atoms with Crippen LogP contribution >= 0.6 is 0 Å². The second-order valence-electron chi connectivity index (χ2n) is 11.8. The number of furan rings is 1. The van der Waals surface area contributed by atoms with E-state index in [2.05, 4.69) is 26.8 Å². The first-order valence-corrected chi connectivity index (χ1v) is 12.5. The molecule has 35 heavy (non-hydrogen) atoms. The number of Topliss-reactive ketones (excluding diaryl/α,β-unsaturated/α-hetero) is 1. The van der Waals surface area contributed by atoms with Crippen molar-refractivity contribution in [1.29, 1.82) is 0 Å². The maximum atomic E-state index is 13.1. The van der Waals surface area contributed by atoms with Crippen LogP contribution in [0.1, 0.15) is 64.2 Å². The number of esters is 1. The Bertz CT molecular complexity index is 1190. The number of carbonyl (C=O) groups is 2. The fourth-order valence-corrected chi connectivity index (χ4v) is 8.27. The molecule has 0 amide bonds. The third-order valence-corrected chi connectivity index (χ3v) is 9.87. The zero-order valence-corrected chi connectivity index (χ0v) is 21.7. The van der Waals surface area contributed by atoms with Gasteiger partial charge in [0, 0.05) is 41.2 Å². The summed E-state index contributed by atoms with van der Waals surface area (Å²) in [5, 5.41) is 12.0. The molecule has 0 radical (unpaired) electrons. The Morgan fingerprint density at radius 1 is 1.23 bits per heavy atom. The molecule has 0 saturated heterocycles. The molecule has 1 heterocycles. The van der Waals surface area contributed by atoms with E-state index in [-0.39, 0.29) is 23.0 Å². The number of rotatable bonds is 3. The highest BCUT2D eigenvalue weighted by Gasteiger charge is 2.70. The van der Waals surface area contributed by atoms with Crippen LogP contribution in [-0.2, 0) is 26.2 Å². The summed E-state index contributed by atoms with van der Waals surface area (Å²) in [7, 11) is 1.66. The summed E-state index contributed by atoms with van der Waals surface area (Å²) >= 11 is 0. The van der Waals surface area contributed by atoms with Gasteiger partial charge in [0.1, 0.15) is 23.7 Å². The van der Waals surface area contributed by atoms with Gasteiger partial charge in [0.25, 0.3) is 0 Å². The van der Waals surface area contributed by atoms with Crippen LogP contribution in [0.2, 0.25) is 0 Å². The minimum absolute atomic E-state index is 0.0761. The van der Waals surface area contributed by atoms with E-state index in [4.69, 9.17) is 13.9 Å². The van der Waals surface area contributed by atoms with E-state index in [0.29, 0.717) is 12.8 Å². The van der Waals surface area contributed by atoms with Crippen molar-refractivity contribution < 1.29 is 28.6 Å². The molecular weight excluding hydrogens is 444 g/mol. The van der Waals surface area contributed by atoms with Gasteiger partial charge < -0.3 is 19.0 Å². The lowest BCUT2D eigenvalue weighted by Gasteiger charge is -2.63. The van der Waals surface area contributed by atoms with Gasteiger partial charge in [0.05, 0.1) is 19.6 Å². The fraction of sp³-hybridized carbons (Fsp3) is 0.586. The Hall–Kier alpha value is -2.60. The van der Waals surface area contributed by atoms with Gasteiger partial charge in [-0.1, -0.05) is 27.7 Å². The highest BCUT2D eigenvalue weighted by molar-refractivity contribution is 5.86. The van der Waals surface area contributed by atoms with Crippen molar-refractivity contribution in [3.8, 4) is 16.9 Å². The van der Waals surface area contributed by atoms with E-state index < -0.39 is 29.0 Å². The summed E-state index contributed by atoms with van der Waals surface area (Å²) in [6.07, 6.45) is 3.64. The molecule has 0 bridgehead atoms. The fourth-order valence-electron chi connectivity index (χ4n) is 8.27. The smallest absolute Gasteiger partial charge is 0.303 e. The largest absolute Gasteiger partial charge is 0.496 e. The minimum Gasteiger partial charge on any atom is -0.496 e. The van der Waals surface area contributed by atoms with Gasteiger partial charge in [-0.25, -0.2) is 0 Å². The highest BCUT2D eigenvalue weighted by atomic mass is 16.6. The first kappa shape index (κ1) is 24.1. The highest BCUT2D eigenvalue weighted by Crippen LogP contribution is 2.68. The molecule has 0 aliphatic heterocycles. The first-order chi connectivity index (χ1) is 16.4. The van der Waals surface area contributed by atoms with Crippen LogP contribution in [0, 0.1) is 29.6 Å². The lowest BCUT2D eigenvalue weighted by atomic mass is 9.41. The molecule has 6 atom stereocenters. The first-order valence-electron chi connectivity index (χ1n) is 12.5. The molecule has 6 heteroatoms. The van der Waals surface area contributed by atoms with Crippen molar-refractivity contribution in [2.75, 3.05) is 7.11 Å².